The van der Waals surface area contributed by atoms with Crippen LogP contribution < -0.4 is 10.1 Å². The number of hydrogen-bond donors (Lipinski definition) is 1. The van der Waals surface area contributed by atoms with Crippen molar-refractivity contribution < 1.29 is 9.53 Å². The van der Waals surface area contributed by atoms with E-state index in [0.29, 0.717) is 6.54 Å². The minimum absolute atomic E-state index is 0.0281. The van der Waals surface area contributed by atoms with E-state index in [2.05, 4.69) is 11.4 Å². The van der Waals surface area contributed by atoms with Crippen molar-refractivity contribution in [2.75, 3.05) is 6.54 Å². The van der Waals surface area contributed by atoms with E-state index in [1.54, 1.807) is 0 Å². The number of benzene rings is 2. The number of carbonyl (C=O) groups is 1. The van der Waals surface area contributed by atoms with Crippen molar-refractivity contribution in [1.29, 1.82) is 0 Å². The van der Waals surface area contributed by atoms with Gasteiger partial charge in [-0.25, -0.2) is 0 Å². The van der Waals surface area contributed by atoms with Crippen molar-refractivity contribution >= 4 is 5.91 Å². The van der Waals surface area contributed by atoms with Gasteiger partial charge in [0.15, 0.2) is 0 Å². The fourth-order valence-corrected chi connectivity index (χ4v) is 2.50. The lowest BCUT2D eigenvalue weighted by atomic mass is 10.1. The fourth-order valence-electron chi connectivity index (χ4n) is 2.50. The highest BCUT2D eigenvalue weighted by atomic mass is 16.5. The average molecular weight is 267 g/mol. The molecule has 1 unspecified atom stereocenters. The van der Waals surface area contributed by atoms with Gasteiger partial charge in [0.2, 0.25) is 0 Å². The molecule has 0 saturated heterocycles. The van der Waals surface area contributed by atoms with Crippen LogP contribution in [0.4, 0.5) is 0 Å². The first-order valence-electron chi connectivity index (χ1n) is 6.82. The standard InChI is InChI=1S/C17H17NO2/c1-12-6-2-4-8-15(12)17(19)18-11-14-10-13-7-3-5-9-16(13)20-14/h2-9,14H,10-11H2,1H3,(H,18,19). The van der Waals surface area contributed by atoms with Crippen molar-refractivity contribution in [2.24, 2.45) is 0 Å². The number of ether oxygens (including phenoxy) is 1. The lowest BCUT2D eigenvalue weighted by molar-refractivity contribution is 0.0933. The predicted octanol–water partition coefficient (Wildman–Crippen LogP) is 2.73. The molecule has 3 heteroatoms. The number of rotatable bonds is 3. The Labute approximate surface area is 118 Å². The molecular weight excluding hydrogens is 250 g/mol. The molecule has 1 aliphatic rings. The zero-order chi connectivity index (χ0) is 13.9. The number of amides is 1. The van der Waals surface area contributed by atoms with Gasteiger partial charge in [-0.3, -0.25) is 4.79 Å². The van der Waals surface area contributed by atoms with Gasteiger partial charge >= 0.3 is 0 Å². The van der Waals surface area contributed by atoms with Gasteiger partial charge in [0.25, 0.3) is 5.91 Å². The van der Waals surface area contributed by atoms with E-state index in [9.17, 15) is 4.79 Å². The Morgan fingerprint density at radius 3 is 2.75 bits per heavy atom. The summed E-state index contributed by atoms with van der Waals surface area (Å²) in [5.41, 5.74) is 2.92. The van der Waals surface area contributed by atoms with E-state index < -0.39 is 0 Å². The smallest absolute Gasteiger partial charge is 0.251 e. The van der Waals surface area contributed by atoms with Crippen LogP contribution in [0.3, 0.4) is 0 Å². The third-order valence-electron chi connectivity index (χ3n) is 3.59. The van der Waals surface area contributed by atoms with E-state index in [1.165, 1.54) is 5.56 Å². The summed E-state index contributed by atoms with van der Waals surface area (Å²) < 4.78 is 5.81. The van der Waals surface area contributed by atoms with Gasteiger partial charge in [0, 0.05) is 12.0 Å². The van der Waals surface area contributed by atoms with Crippen LogP contribution in [0, 0.1) is 6.92 Å². The predicted molar refractivity (Wildman–Crippen MR) is 78.1 cm³/mol. The van der Waals surface area contributed by atoms with Gasteiger partial charge in [-0.2, -0.15) is 0 Å². The number of carbonyl (C=O) groups excluding carboxylic acids is 1. The lowest BCUT2D eigenvalue weighted by Crippen LogP contribution is -2.34. The monoisotopic (exact) mass is 267 g/mol. The van der Waals surface area contributed by atoms with Crippen molar-refractivity contribution in [3.05, 3.63) is 65.2 Å². The topological polar surface area (TPSA) is 38.3 Å². The molecule has 2 aromatic carbocycles. The lowest BCUT2D eigenvalue weighted by Gasteiger charge is -2.12. The first-order chi connectivity index (χ1) is 9.74. The van der Waals surface area contributed by atoms with Crippen molar-refractivity contribution in [1.82, 2.24) is 5.32 Å². The summed E-state index contributed by atoms with van der Waals surface area (Å²) in [6.07, 6.45) is 0.880. The second kappa shape index (κ2) is 5.37. The van der Waals surface area contributed by atoms with Crippen LogP contribution in [-0.2, 0) is 6.42 Å². The zero-order valence-corrected chi connectivity index (χ0v) is 11.4. The second-order valence-corrected chi connectivity index (χ2v) is 5.08. The molecule has 0 radical (unpaired) electrons. The normalized spacial score (nSPS) is 16.4. The van der Waals surface area contributed by atoms with Crippen LogP contribution in [0.5, 0.6) is 5.75 Å². The van der Waals surface area contributed by atoms with Gasteiger partial charge in [0.05, 0.1) is 6.54 Å². The maximum atomic E-state index is 12.1. The number of fused-ring (bicyclic) bond motifs is 1. The average Bonchev–Trinajstić information content (AvgIpc) is 2.88. The molecule has 0 aliphatic carbocycles. The Hall–Kier alpha value is -2.29. The third-order valence-corrected chi connectivity index (χ3v) is 3.59. The Kier molecular flexibility index (Phi) is 3.42. The summed E-state index contributed by atoms with van der Waals surface area (Å²) in [4.78, 5) is 12.1. The molecule has 0 spiro atoms. The first kappa shape index (κ1) is 12.7. The van der Waals surface area contributed by atoms with E-state index >= 15 is 0 Å². The molecule has 0 aromatic heterocycles. The summed E-state index contributed by atoms with van der Waals surface area (Å²) in [6, 6.07) is 15.6. The van der Waals surface area contributed by atoms with Crippen LogP contribution in [-0.4, -0.2) is 18.6 Å². The van der Waals surface area contributed by atoms with E-state index in [-0.39, 0.29) is 12.0 Å². The van der Waals surface area contributed by atoms with Crippen LogP contribution in [0.25, 0.3) is 0 Å². The minimum Gasteiger partial charge on any atom is -0.488 e. The number of aryl methyl sites for hydroxylation is 1. The largest absolute Gasteiger partial charge is 0.488 e. The highest BCUT2D eigenvalue weighted by Gasteiger charge is 2.22. The van der Waals surface area contributed by atoms with Crippen molar-refractivity contribution in [3.8, 4) is 5.75 Å². The highest BCUT2D eigenvalue weighted by molar-refractivity contribution is 5.95. The molecule has 2 aromatic rings. The van der Waals surface area contributed by atoms with Crippen LogP contribution in [0.15, 0.2) is 48.5 Å². The van der Waals surface area contributed by atoms with E-state index in [4.69, 9.17) is 4.74 Å². The van der Waals surface area contributed by atoms with Crippen LogP contribution in [0.1, 0.15) is 21.5 Å². The molecule has 0 bridgehead atoms. The van der Waals surface area contributed by atoms with Gasteiger partial charge in [0.1, 0.15) is 11.9 Å². The molecule has 3 rings (SSSR count). The van der Waals surface area contributed by atoms with Gasteiger partial charge in [-0.1, -0.05) is 36.4 Å². The summed E-state index contributed by atoms with van der Waals surface area (Å²) in [6.45, 7) is 2.47. The molecule has 0 fully saturated rings. The fraction of sp³-hybridized carbons (Fsp3) is 0.235. The molecule has 1 N–H and O–H groups in total. The summed E-state index contributed by atoms with van der Waals surface area (Å²) in [7, 11) is 0. The maximum Gasteiger partial charge on any atom is 0.251 e. The molecule has 20 heavy (non-hydrogen) atoms. The molecule has 102 valence electrons. The third kappa shape index (κ3) is 2.52. The first-order valence-corrected chi connectivity index (χ1v) is 6.82. The van der Waals surface area contributed by atoms with Gasteiger partial charge in [-0.15, -0.1) is 0 Å². The number of para-hydroxylation sites is 1. The minimum atomic E-state index is -0.0392. The molecule has 1 amide bonds. The van der Waals surface area contributed by atoms with Gasteiger partial charge < -0.3 is 10.1 Å². The van der Waals surface area contributed by atoms with Gasteiger partial charge in [-0.05, 0) is 30.2 Å². The Morgan fingerprint density at radius 1 is 1.20 bits per heavy atom. The second-order valence-electron chi connectivity index (χ2n) is 5.08. The Bertz CT molecular complexity index is 611. The molecule has 3 nitrogen and oxygen atoms in total. The zero-order valence-electron chi connectivity index (χ0n) is 11.4. The van der Waals surface area contributed by atoms with Crippen molar-refractivity contribution in [2.45, 2.75) is 19.4 Å². The number of nitrogens with one attached hydrogen (secondary N) is 1. The SMILES string of the molecule is Cc1ccccc1C(=O)NCC1Cc2ccccc2O1. The summed E-state index contributed by atoms with van der Waals surface area (Å²) in [5, 5.41) is 2.95. The number of hydrogen-bond acceptors (Lipinski definition) is 2. The molecular formula is C17H17NO2. The Balaban J connectivity index is 1.59. The summed E-state index contributed by atoms with van der Waals surface area (Å²) in [5.74, 6) is 0.894. The molecule has 1 atom stereocenters. The molecule has 0 saturated carbocycles. The van der Waals surface area contributed by atoms with Crippen LogP contribution >= 0.6 is 0 Å². The molecule has 1 aliphatic heterocycles. The quantitative estimate of drug-likeness (QED) is 0.928. The Morgan fingerprint density at radius 2 is 1.95 bits per heavy atom. The molecule has 1 heterocycles. The summed E-state index contributed by atoms with van der Waals surface area (Å²) >= 11 is 0. The van der Waals surface area contributed by atoms with Crippen molar-refractivity contribution in [3.63, 3.8) is 0 Å². The van der Waals surface area contributed by atoms with E-state index in [1.807, 2.05) is 49.4 Å². The van der Waals surface area contributed by atoms with E-state index in [0.717, 1.165) is 23.3 Å². The maximum absolute atomic E-state index is 12.1. The highest BCUT2D eigenvalue weighted by Crippen LogP contribution is 2.27. The van der Waals surface area contributed by atoms with Crippen LogP contribution in [0.2, 0.25) is 0 Å².